The summed E-state index contributed by atoms with van der Waals surface area (Å²) in [5.74, 6) is 0. The van der Waals surface area contributed by atoms with Crippen molar-refractivity contribution in [1.29, 1.82) is 0 Å². The summed E-state index contributed by atoms with van der Waals surface area (Å²) in [6, 6.07) is 0. The van der Waals surface area contributed by atoms with Crippen LogP contribution >= 0.6 is 0 Å². The molecule has 0 radical (unpaired) electrons. The number of aliphatic hydroxyl groups is 2. The van der Waals surface area contributed by atoms with Crippen molar-refractivity contribution in [2.45, 2.75) is 199 Å². The van der Waals surface area contributed by atoms with Crippen LogP contribution in [0.15, 0.2) is 0 Å². The van der Waals surface area contributed by atoms with Crippen LogP contribution in [0, 0.1) is 0 Å². The zero-order valence-electron chi connectivity index (χ0n) is 23.1. The number of aliphatic hydroxyl groups excluding tert-OH is 2. The number of unbranched alkanes of at least 4 members (excludes halogenated alkanes) is 22. The zero-order valence-corrected chi connectivity index (χ0v) is 23.1. The highest BCUT2D eigenvalue weighted by atomic mass is 16.3. The van der Waals surface area contributed by atoms with E-state index in [9.17, 15) is 10.2 Å². The molecule has 0 heterocycles. The molecule has 2 N–H and O–H groups in total. The molecule has 2 atom stereocenters. The Hall–Kier alpha value is -0.0800. The standard InChI is InChI=1S/C31H64O2/c1-3-5-7-8-9-10-11-12-13-14-15-16-17-18-19-20-21-22-23-24-26-28-31(33)29-30(32)27-25-6-4-2/h30-33H,3-29H2,1-2H3/t30-,31+/m1/s1. The Morgan fingerprint density at radius 2 is 0.545 bits per heavy atom. The molecule has 0 aliphatic rings. The van der Waals surface area contributed by atoms with Gasteiger partial charge in [0.25, 0.3) is 0 Å². The molecule has 0 amide bonds. The molecule has 0 spiro atoms. The molecule has 0 aliphatic carbocycles. The van der Waals surface area contributed by atoms with E-state index in [1.54, 1.807) is 0 Å². The van der Waals surface area contributed by atoms with Crippen molar-refractivity contribution in [3.05, 3.63) is 0 Å². The predicted molar refractivity (Wildman–Crippen MR) is 148 cm³/mol. The lowest BCUT2D eigenvalue weighted by atomic mass is 10.00. The molecule has 0 rings (SSSR count). The van der Waals surface area contributed by atoms with Gasteiger partial charge >= 0.3 is 0 Å². The third kappa shape index (κ3) is 28.0. The van der Waals surface area contributed by atoms with Crippen LogP contribution < -0.4 is 0 Å². The van der Waals surface area contributed by atoms with Gasteiger partial charge in [-0.3, -0.25) is 0 Å². The number of hydrogen-bond donors (Lipinski definition) is 2. The molecular weight excluding hydrogens is 404 g/mol. The Morgan fingerprint density at radius 3 is 0.848 bits per heavy atom. The fraction of sp³-hybridized carbons (Fsp3) is 1.00. The van der Waals surface area contributed by atoms with Crippen molar-refractivity contribution < 1.29 is 10.2 Å². The van der Waals surface area contributed by atoms with Gasteiger partial charge in [0.15, 0.2) is 0 Å². The molecular formula is C31H64O2. The van der Waals surface area contributed by atoms with Gasteiger partial charge in [0.1, 0.15) is 0 Å². The molecule has 33 heavy (non-hydrogen) atoms. The SMILES string of the molecule is CCCCCCCCCCCCCCCCCCCCCCC[C@H](O)C[C@H](O)CCCCC. The first-order valence-corrected chi connectivity index (χ1v) is 15.6. The fourth-order valence-electron chi connectivity index (χ4n) is 4.99. The monoisotopic (exact) mass is 468 g/mol. The predicted octanol–water partition coefficient (Wildman–Crippen LogP) is 10.3. The lowest BCUT2D eigenvalue weighted by molar-refractivity contribution is 0.0681. The maximum Gasteiger partial charge on any atom is 0.0564 e. The summed E-state index contributed by atoms with van der Waals surface area (Å²) in [5.41, 5.74) is 0. The topological polar surface area (TPSA) is 40.5 Å². The molecule has 0 bridgehead atoms. The Kier molecular flexibility index (Phi) is 28.1. The Balaban J connectivity index is 3.15. The van der Waals surface area contributed by atoms with Crippen LogP contribution in [0.3, 0.4) is 0 Å². The molecule has 0 unspecified atom stereocenters. The van der Waals surface area contributed by atoms with Crippen LogP contribution in [0.2, 0.25) is 0 Å². The first kappa shape index (κ1) is 32.9. The van der Waals surface area contributed by atoms with Gasteiger partial charge < -0.3 is 10.2 Å². The van der Waals surface area contributed by atoms with Crippen LogP contribution in [0.1, 0.15) is 187 Å². The summed E-state index contributed by atoms with van der Waals surface area (Å²) in [6.07, 6.45) is 34.7. The van der Waals surface area contributed by atoms with Gasteiger partial charge in [-0.15, -0.1) is 0 Å². The van der Waals surface area contributed by atoms with Gasteiger partial charge in [0.05, 0.1) is 12.2 Å². The fourth-order valence-corrected chi connectivity index (χ4v) is 4.99. The van der Waals surface area contributed by atoms with E-state index in [0.717, 1.165) is 25.7 Å². The lowest BCUT2D eigenvalue weighted by Crippen LogP contribution is -2.17. The van der Waals surface area contributed by atoms with E-state index in [4.69, 9.17) is 0 Å². The molecule has 0 aromatic carbocycles. The van der Waals surface area contributed by atoms with Crippen molar-refractivity contribution >= 4 is 0 Å². The largest absolute Gasteiger partial charge is 0.393 e. The van der Waals surface area contributed by atoms with Crippen molar-refractivity contribution in [3.63, 3.8) is 0 Å². The Morgan fingerprint density at radius 1 is 0.333 bits per heavy atom. The highest BCUT2D eigenvalue weighted by molar-refractivity contribution is 4.64. The van der Waals surface area contributed by atoms with E-state index in [1.807, 2.05) is 0 Å². The number of hydrogen-bond acceptors (Lipinski definition) is 2. The summed E-state index contributed by atoms with van der Waals surface area (Å²) < 4.78 is 0. The summed E-state index contributed by atoms with van der Waals surface area (Å²) in [6.45, 7) is 4.48. The van der Waals surface area contributed by atoms with Gasteiger partial charge in [0.2, 0.25) is 0 Å². The van der Waals surface area contributed by atoms with Crippen molar-refractivity contribution in [2.75, 3.05) is 0 Å². The van der Waals surface area contributed by atoms with Crippen molar-refractivity contribution in [1.82, 2.24) is 0 Å². The molecule has 0 aliphatic heterocycles. The Bertz CT molecular complexity index is 344. The average molecular weight is 469 g/mol. The number of rotatable bonds is 28. The molecule has 0 fully saturated rings. The minimum Gasteiger partial charge on any atom is -0.393 e. The van der Waals surface area contributed by atoms with Gasteiger partial charge in [-0.1, -0.05) is 168 Å². The maximum atomic E-state index is 10.1. The van der Waals surface area contributed by atoms with Crippen molar-refractivity contribution in [2.24, 2.45) is 0 Å². The first-order valence-electron chi connectivity index (χ1n) is 15.6. The third-order valence-corrected chi connectivity index (χ3v) is 7.33. The van der Waals surface area contributed by atoms with Crippen LogP contribution in [0.5, 0.6) is 0 Å². The van der Waals surface area contributed by atoms with Crippen LogP contribution in [0.4, 0.5) is 0 Å². The lowest BCUT2D eigenvalue weighted by Gasteiger charge is -2.15. The molecule has 0 saturated carbocycles. The summed E-state index contributed by atoms with van der Waals surface area (Å²) in [7, 11) is 0. The minimum absolute atomic E-state index is 0.304. The highest BCUT2D eigenvalue weighted by Crippen LogP contribution is 2.16. The van der Waals surface area contributed by atoms with E-state index in [-0.39, 0.29) is 12.2 Å². The maximum absolute atomic E-state index is 10.1. The molecule has 2 heteroatoms. The van der Waals surface area contributed by atoms with Crippen LogP contribution in [0.25, 0.3) is 0 Å². The van der Waals surface area contributed by atoms with Gasteiger partial charge in [-0.2, -0.15) is 0 Å². The molecule has 0 aromatic heterocycles. The highest BCUT2D eigenvalue weighted by Gasteiger charge is 2.11. The van der Waals surface area contributed by atoms with Gasteiger partial charge in [-0.25, -0.2) is 0 Å². The summed E-state index contributed by atoms with van der Waals surface area (Å²) >= 11 is 0. The van der Waals surface area contributed by atoms with Crippen LogP contribution in [-0.4, -0.2) is 22.4 Å². The van der Waals surface area contributed by atoms with E-state index in [1.165, 1.54) is 141 Å². The smallest absolute Gasteiger partial charge is 0.0564 e. The second kappa shape index (κ2) is 28.2. The van der Waals surface area contributed by atoms with Crippen LogP contribution in [-0.2, 0) is 0 Å². The zero-order chi connectivity index (χ0) is 24.2. The molecule has 2 nitrogen and oxygen atoms in total. The van der Waals surface area contributed by atoms with E-state index >= 15 is 0 Å². The second-order valence-electron chi connectivity index (χ2n) is 10.9. The first-order chi connectivity index (χ1) is 16.2. The van der Waals surface area contributed by atoms with E-state index in [0.29, 0.717) is 6.42 Å². The van der Waals surface area contributed by atoms with E-state index in [2.05, 4.69) is 13.8 Å². The normalized spacial score (nSPS) is 13.5. The molecule has 0 aromatic rings. The van der Waals surface area contributed by atoms with E-state index < -0.39 is 0 Å². The second-order valence-corrected chi connectivity index (χ2v) is 10.9. The summed E-state index contributed by atoms with van der Waals surface area (Å²) in [5, 5.41) is 20.0. The van der Waals surface area contributed by atoms with Crippen molar-refractivity contribution in [3.8, 4) is 0 Å². The minimum atomic E-state index is -0.304. The quantitative estimate of drug-likeness (QED) is 0.112. The third-order valence-electron chi connectivity index (χ3n) is 7.33. The summed E-state index contributed by atoms with van der Waals surface area (Å²) in [4.78, 5) is 0. The Labute approximate surface area is 209 Å². The molecule has 0 saturated heterocycles. The average Bonchev–Trinajstić information content (AvgIpc) is 2.80. The van der Waals surface area contributed by atoms with Gasteiger partial charge in [0, 0.05) is 0 Å². The molecule has 200 valence electrons. The van der Waals surface area contributed by atoms with Gasteiger partial charge in [-0.05, 0) is 19.3 Å².